The van der Waals surface area contributed by atoms with Crippen molar-refractivity contribution in [3.63, 3.8) is 0 Å². The molecule has 2 aromatic heterocycles. The van der Waals surface area contributed by atoms with Gasteiger partial charge >= 0.3 is 0 Å². The van der Waals surface area contributed by atoms with Crippen LogP contribution < -0.4 is 5.32 Å². The van der Waals surface area contributed by atoms with E-state index in [0.717, 1.165) is 41.6 Å². The molecule has 0 aliphatic carbocycles. The van der Waals surface area contributed by atoms with E-state index < -0.39 is 0 Å². The van der Waals surface area contributed by atoms with Crippen molar-refractivity contribution >= 4 is 39.8 Å². The number of likely N-dealkylation sites (tertiary alicyclic amines) is 1. The molecule has 1 amide bonds. The minimum atomic E-state index is 0.0323. The molecule has 3 aromatic rings. The zero-order chi connectivity index (χ0) is 19.3. The number of pyridine rings is 1. The highest BCUT2D eigenvalue weighted by atomic mass is 35.5. The maximum absolute atomic E-state index is 12.9. The van der Waals surface area contributed by atoms with Crippen LogP contribution in [0.4, 0.5) is 10.9 Å². The molecule has 1 aliphatic heterocycles. The molecule has 0 radical (unpaired) electrons. The van der Waals surface area contributed by atoms with E-state index in [1.54, 1.807) is 6.20 Å². The van der Waals surface area contributed by atoms with Gasteiger partial charge in [-0.2, -0.15) is 0 Å². The summed E-state index contributed by atoms with van der Waals surface area (Å²) in [5.74, 6) is 0.924. The highest BCUT2D eigenvalue weighted by Crippen LogP contribution is 2.32. The normalized spacial score (nSPS) is 16.3. The predicted octanol–water partition coefficient (Wildman–Crippen LogP) is 5.23. The van der Waals surface area contributed by atoms with Gasteiger partial charge in [0.25, 0.3) is 0 Å². The molecule has 7 heteroatoms. The van der Waals surface area contributed by atoms with Gasteiger partial charge in [-0.15, -0.1) is 11.3 Å². The molecule has 1 fully saturated rings. The molecule has 3 heterocycles. The van der Waals surface area contributed by atoms with Crippen LogP contribution in [0, 0.1) is 0 Å². The lowest BCUT2D eigenvalue weighted by Gasteiger charge is -2.25. The van der Waals surface area contributed by atoms with Crippen molar-refractivity contribution in [3.05, 3.63) is 70.3 Å². The first kappa shape index (κ1) is 18.9. The molecule has 0 spiro atoms. The maximum atomic E-state index is 12.9. The molecule has 5 nitrogen and oxygen atoms in total. The second-order valence-electron chi connectivity index (χ2n) is 6.79. The average molecular weight is 413 g/mol. The summed E-state index contributed by atoms with van der Waals surface area (Å²) in [5, 5.41) is 6.66. The molecule has 1 saturated heterocycles. The number of halogens is 1. The number of anilines is 2. The Morgan fingerprint density at radius 3 is 3.00 bits per heavy atom. The van der Waals surface area contributed by atoms with Crippen LogP contribution in [-0.2, 0) is 11.2 Å². The van der Waals surface area contributed by atoms with E-state index in [0.29, 0.717) is 17.9 Å². The average Bonchev–Trinajstić information content (AvgIpc) is 3.38. The van der Waals surface area contributed by atoms with Crippen molar-refractivity contribution in [3.8, 4) is 0 Å². The summed E-state index contributed by atoms with van der Waals surface area (Å²) in [6.07, 6.45) is 4.87. The van der Waals surface area contributed by atoms with E-state index in [1.165, 1.54) is 11.3 Å². The third-order valence-corrected chi connectivity index (χ3v) is 5.79. The third kappa shape index (κ3) is 4.51. The van der Waals surface area contributed by atoms with Crippen molar-refractivity contribution in [2.75, 3.05) is 11.9 Å². The van der Waals surface area contributed by atoms with Gasteiger partial charge in [0.1, 0.15) is 5.82 Å². The topological polar surface area (TPSA) is 58.1 Å². The van der Waals surface area contributed by atoms with Crippen LogP contribution in [0.25, 0.3) is 0 Å². The summed E-state index contributed by atoms with van der Waals surface area (Å²) < 4.78 is 0. The Hall–Kier alpha value is -2.44. The van der Waals surface area contributed by atoms with Gasteiger partial charge in [0.2, 0.25) is 5.91 Å². The van der Waals surface area contributed by atoms with Crippen LogP contribution in [0.3, 0.4) is 0 Å². The number of carbonyl (C=O) groups is 1. The van der Waals surface area contributed by atoms with Gasteiger partial charge in [0, 0.05) is 29.6 Å². The summed E-state index contributed by atoms with van der Waals surface area (Å²) in [7, 11) is 0. The first-order valence-corrected chi connectivity index (χ1v) is 10.6. The Bertz CT molecular complexity index is 947. The van der Waals surface area contributed by atoms with Crippen LogP contribution >= 0.6 is 22.9 Å². The van der Waals surface area contributed by atoms with E-state index in [4.69, 9.17) is 16.6 Å². The standard InChI is InChI=1S/C21H21ClN4OS/c22-16-5-1-4-15(14-16)9-10-20(27)26-12-3-7-18(26)17-6-2-8-19(24-17)25-21-23-11-13-28-21/h1-2,4-6,8,11,13-14,18H,3,7,9-10,12H2,(H,23,24,25). The fourth-order valence-corrected chi connectivity index (χ4v) is 4.31. The lowest BCUT2D eigenvalue weighted by molar-refractivity contribution is -0.132. The minimum absolute atomic E-state index is 0.0323. The number of nitrogens with zero attached hydrogens (tertiary/aromatic N) is 3. The molecule has 1 aromatic carbocycles. The van der Waals surface area contributed by atoms with Crippen LogP contribution in [0.15, 0.2) is 54.0 Å². The molecule has 1 unspecified atom stereocenters. The van der Waals surface area contributed by atoms with Crippen LogP contribution in [-0.4, -0.2) is 27.3 Å². The maximum Gasteiger partial charge on any atom is 0.223 e. The van der Waals surface area contributed by atoms with E-state index in [1.807, 2.05) is 52.7 Å². The Balaban J connectivity index is 1.43. The fourth-order valence-electron chi connectivity index (χ4n) is 3.56. The monoisotopic (exact) mass is 412 g/mol. The van der Waals surface area contributed by atoms with E-state index in [9.17, 15) is 4.79 Å². The number of nitrogens with one attached hydrogen (secondary N) is 1. The second kappa shape index (κ2) is 8.71. The largest absolute Gasteiger partial charge is 0.334 e. The zero-order valence-corrected chi connectivity index (χ0v) is 16.9. The van der Waals surface area contributed by atoms with Crippen molar-refractivity contribution in [2.24, 2.45) is 0 Å². The van der Waals surface area contributed by atoms with Crippen molar-refractivity contribution in [2.45, 2.75) is 31.7 Å². The number of aryl methyl sites for hydroxylation is 1. The van der Waals surface area contributed by atoms with Gasteiger partial charge in [-0.3, -0.25) is 4.79 Å². The molecule has 0 saturated carbocycles. The lowest BCUT2D eigenvalue weighted by Crippen LogP contribution is -2.31. The van der Waals surface area contributed by atoms with Gasteiger partial charge in [0.05, 0.1) is 11.7 Å². The van der Waals surface area contributed by atoms with Crippen molar-refractivity contribution in [1.29, 1.82) is 0 Å². The minimum Gasteiger partial charge on any atom is -0.334 e. The molecule has 0 bridgehead atoms. The number of rotatable bonds is 6. The van der Waals surface area contributed by atoms with Gasteiger partial charge < -0.3 is 10.2 Å². The summed E-state index contributed by atoms with van der Waals surface area (Å²) in [6.45, 7) is 0.783. The molecule has 1 atom stereocenters. The Morgan fingerprint density at radius 1 is 1.29 bits per heavy atom. The van der Waals surface area contributed by atoms with E-state index in [2.05, 4.69) is 10.3 Å². The number of hydrogen-bond acceptors (Lipinski definition) is 5. The van der Waals surface area contributed by atoms with E-state index >= 15 is 0 Å². The van der Waals surface area contributed by atoms with E-state index in [-0.39, 0.29) is 11.9 Å². The SMILES string of the molecule is O=C(CCc1cccc(Cl)c1)N1CCCC1c1cccc(Nc2nccs2)n1. The van der Waals surface area contributed by atoms with Crippen LogP contribution in [0.1, 0.15) is 36.6 Å². The van der Waals surface area contributed by atoms with Crippen LogP contribution in [0.5, 0.6) is 0 Å². The third-order valence-electron chi connectivity index (χ3n) is 4.87. The highest BCUT2D eigenvalue weighted by Gasteiger charge is 2.30. The quantitative estimate of drug-likeness (QED) is 0.602. The molecular formula is C21H21ClN4OS. The molecule has 1 N–H and O–H groups in total. The molecular weight excluding hydrogens is 392 g/mol. The van der Waals surface area contributed by atoms with Gasteiger partial charge in [-0.1, -0.05) is 29.8 Å². The number of carbonyl (C=O) groups excluding carboxylic acids is 1. The molecule has 144 valence electrons. The Labute approximate surface area is 173 Å². The zero-order valence-electron chi connectivity index (χ0n) is 15.3. The molecule has 4 rings (SSSR count). The molecule has 28 heavy (non-hydrogen) atoms. The first-order chi connectivity index (χ1) is 13.7. The number of aromatic nitrogens is 2. The lowest BCUT2D eigenvalue weighted by atomic mass is 10.1. The number of benzene rings is 1. The first-order valence-electron chi connectivity index (χ1n) is 9.36. The van der Waals surface area contributed by atoms with Gasteiger partial charge in [0.15, 0.2) is 5.13 Å². The van der Waals surface area contributed by atoms with Crippen molar-refractivity contribution in [1.82, 2.24) is 14.9 Å². The van der Waals surface area contributed by atoms with Gasteiger partial charge in [-0.25, -0.2) is 9.97 Å². The number of thiazole rings is 1. The summed E-state index contributed by atoms with van der Waals surface area (Å²) in [5.41, 5.74) is 2.01. The van der Waals surface area contributed by atoms with Crippen molar-refractivity contribution < 1.29 is 4.79 Å². The number of amides is 1. The van der Waals surface area contributed by atoms with Gasteiger partial charge in [-0.05, 0) is 49.1 Å². The predicted molar refractivity (Wildman–Crippen MR) is 113 cm³/mol. The summed E-state index contributed by atoms with van der Waals surface area (Å²) in [6, 6.07) is 13.6. The summed E-state index contributed by atoms with van der Waals surface area (Å²) >= 11 is 7.57. The molecule has 1 aliphatic rings. The second-order valence-corrected chi connectivity index (χ2v) is 8.12. The number of hydrogen-bond donors (Lipinski definition) is 1. The smallest absolute Gasteiger partial charge is 0.223 e. The fraction of sp³-hybridized carbons (Fsp3) is 0.286. The van der Waals surface area contributed by atoms with Crippen LogP contribution in [0.2, 0.25) is 5.02 Å². The Morgan fingerprint density at radius 2 is 2.18 bits per heavy atom. The Kier molecular flexibility index (Phi) is 5.88. The summed E-state index contributed by atoms with van der Waals surface area (Å²) in [4.78, 5) is 23.8. The highest BCUT2D eigenvalue weighted by molar-refractivity contribution is 7.13.